The highest BCUT2D eigenvalue weighted by molar-refractivity contribution is 6.67. The summed E-state index contributed by atoms with van der Waals surface area (Å²) in [4.78, 5) is 5.00. The van der Waals surface area contributed by atoms with Crippen LogP contribution in [-0.4, -0.2) is 44.4 Å². The van der Waals surface area contributed by atoms with E-state index in [1.54, 1.807) is 9.80 Å². The number of ether oxygens (including phenoxy) is 2. The van der Waals surface area contributed by atoms with Gasteiger partial charge in [-0.2, -0.15) is 0 Å². The molecular weight excluding hydrogens is 431 g/mol. The van der Waals surface area contributed by atoms with Gasteiger partial charge in [-0.05, 0) is 12.1 Å². The smallest absolute Gasteiger partial charge is 0.250 e. The summed E-state index contributed by atoms with van der Waals surface area (Å²) in [6.45, 7) is 1.06. The van der Waals surface area contributed by atoms with Crippen LogP contribution in [0.4, 0.5) is 5.69 Å². The Kier molecular flexibility index (Phi) is 5.14. The van der Waals surface area contributed by atoms with E-state index in [0.29, 0.717) is 24.8 Å². The van der Waals surface area contributed by atoms with Crippen molar-refractivity contribution >= 4 is 75.3 Å². The second kappa shape index (κ2) is 6.54. The molecule has 0 aliphatic carbocycles. The predicted molar refractivity (Wildman–Crippen MR) is 93.9 cm³/mol. The summed E-state index contributed by atoms with van der Waals surface area (Å²) >= 11 is 36.0. The van der Waals surface area contributed by atoms with E-state index in [0.717, 1.165) is 5.69 Å². The fraction of sp³-hybridized carbons (Fsp3) is 0.500. The third kappa shape index (κ3) is 4.10. The molecule has 0 radical (unpaired) electrons. The first-order valence-electron chi connectivity index (χ1n) is 6.43. The zero-order valence-electron chi connectivity index (χ0n) is 11.5. The molecule has 1 saturated heterocycles. The van der Waals surface area contributed by atoms with Crippen LogP contribution in [0.2, 0.25) is 0 Å². The average molecular weight is 442 g/mol. The van der Waals surface area contributed by atoms with E-state index in [4.69, 9.17) is 79.1 Å². The van der Waals surface area contributed by atoms with Crippen LogP contribution in [-0.2, 0) is 0 Å². The first kappa shape index (κ1) is 18.1. The standard InChI is InChI=1S/C12H11Cl6N3O2/c13-11(14,15)20-4-19(5-21(6-20)12(16,17)18)8-1-2-9-10(3-8)23-7-22-9/h1-3H,4-7H2. The molecule has 2 aliphatic rings. The lowest BCUT2D eigenvalue weighted by molar-refractivity contribution is 0.0831. The monoisotopic (exact) mass is 439 g/mol. The molecule has 2 heterocycles. The van der Waals surface area contributed by atoms with Gasteiger partial charge in [0, 0.05) is 11.8 Å². The number of alkyl halides is 6. The van der Waals surface area contributed by atoms with Crippen LogP contribution in [0.5, 0.6) is 11.5 Å². The minimum Gasteiger partial charge on any atom is -0.454 e. The molecule has 1 fully saturated rings. The van der Waals surface area contributed by atoms with Crippen molar-refractivity contribution in [2.45, 2.75) is 7.83 Å². The number of halogens is 6. The van der Waals surface area contributed by atoms with Crippen LogP contribution in [0.1, 0.15) is 0 Å². The summed E-state index contributed by atoms with van der Waals surface area (Å²) in [5.74, 6) is 1.33. The van der Waals surface area contributed by atoms with Gasteiger partial charge in [-0.3, -0.25) is 0 Å². The molecule has 1 aromatic rings. The van der Waals surface area contributed by atoms with Crippen LogP contribution in [0.3, 0.4) is 0 Å². The first-order valence-corrected chi connectivity index (χ1v) is 8.69. The lowest BCUT2D eigenvalue weighted by Gasteiger charge is -2.47. The minimum atomic E-state index is -1.64. The zero-order valence-corrected chi connectivity index (χ0v) is 16.0. The Labute approximate surface area is 163 Å². The van der Waals surface area contributed by atoms with Gasteiger partial charge in [-0.15, -0.1) is 0 Å². The van der Waals surface area contributed by atoms with E-state index >= 15 is 0 Å². The molecule has 0 atom stereocenters. The number of anilines is 1. The quantitative estimate of drug-likeness (QED) is 0.476. The SMILES string of the molecule is ClC(Cl)(Cl)N1CN(c2ccc3c(c2)OCO3)CN(C(Cl)(Cl)Cl)C1. The minimum absolute atomic E-state index is 0.189. The van der Waals surface area contributed by atoms with E-state index in [-0.39, 0.29) is 13.5 Å². The van der Waals surface area contributed by atoms with Gasteiger partial charge in [0.15, 0.2) is 11.5 Å². The number of hydrogen-bond donors (Lipinski definition) is 0. The van der Waals surface area contributed by atoms with Crippen molar-refractivity contribution in [3.8, 4) is 11.5 Å². The largest absolute Gasteiger partial charge is 0.454 e. The number of rotatable bonds is 1. The molecule has 0 aromatic heterocycles. The van der Waals surface area contributed by atoms with E-state index in [1.807, 2.05) is 23.1 Å². The van der Waals surface area contributed by atoms with Crippen molar-refractivity contribution in [3.63, 3.8) is 0 Å². The van der Waals surface area contributed by atoms with Gasteiger partial charge in [-0.25, -0.2) is 9.80 Å². The summed E-state index contributed by atoms with van der Waals surface area (Å²) < 4.78 is 7.42. The van der Waals surface area contributed by atoms with E-state index in [2.05, 4.69) is 0 Å². The third-order valence-corrected chi connectivity index (χ3v) is 4.90. The van der Waals surface area contributed by atoms with Gasteiger partial charge in [-0.1, -0.05) is 69.6 Å². The van der Waals surface area contributed by atoms with Crippen molar-refractivity contribution in [2.24, 2.45) is 0 Å². The van der Waals surface area contributed by atoms with Gasteiger partial charge >= 0.3 is 0 Å². The molecule has 0 saturated carbocycles. The Morgan fingerprint density at radius 3 is 1.91 bits per heavy atom. The van der Waals surface area contributed by atoms with Gasteiger partial charge in [0.1, 0.15) is 0 Å². The molecule has 5 nitrogen and oxygen atoms in total. The average Bonchev–Trinajstić information content (AvgIpc) is 2.92. The Morgan fingerprint density at radius 2 is 1.35 bits per heavy atom. The highest BCUT2D eigenvalue weighted by atomic mass is 35.6. The van der Waals surface area contributed by atoms with Crippen LogP contribution >= 0.6 is 69.6 Å². The molecule has 0 unspecified atom stereocenters. The maximum Gasteiger partial charge on any atom is 0.250 e. The second-order valence-corrected chi connectivity index (χ2v) is 9.46. The summed E-state index contributed by atoms with van der Waals surface area (Å²) in [6, 6.07) is 5.51. The van der Waals surface area contributed by atoms with Gasteiger partial charge < -0.3 is 14.4 Å². The Morgan fingerprint density at radius 1 is 0.783 bits per heavy atom. The topological polar surface area (TPSA) is 28.2 Å². The third-order valence-electron chi connectivity index (χ3n) is 3.46. The summed E-state index contributed by atoms with van der Waals surface area (Å²) in [6.07, 6.45) is 0. The number of fused-ring (bicyclic) bond motifs is 1. The summed E-state index contributed by atoms with van der Waals surface area (Å²) in [5, 5.41) is 0. The van der Waals surface area contributed by atoms with Gasteiger partial charge in [0.05, 0.1) is 20.0 Å². The van der Waals surface area contributed by atoms with Crippen molar-refractivity contribution < 1.29 is 9.47 Å². The Bertz CT molecular complexity index is 569. The van der Waals surface area contributed by atoms with E-state index in [1.165, 1.54) is 0 Å². The second-order valence-electron chi connectivity index (χ2n) is 5.02. The zero-order chi connectivity index (χ0) is 16.8. The molecule has 23 heavy (non-hydrogen) atoms. The van der Waals surface area contributed by atoms with Gasteiger partial charge in [0.25, 0.3) is 0 Å². The van der Waals surface area contributed by atoms with Crippen molar-refractivity contribution in [3.05, 3.63) is 18.2 Å². The molecule has 0 spiro atoms. The van der Waals surface area contributed by atoms with E-state index < -0.39 is 7.83 Å². The van der Waals surface area contributed by atoms with Gasteiger partial charge in [0.2, 0.25) is 14.6 Å². The Balaban J connectivity index is 1.88. The molecule has 0 bridgehead atoms. The van der Waals surface area contributed by atoms with Crippen LogP contribution in [0.25, 0.3) is 0 Å². The summed E-state index contributed by atoms with van der Waals surface area (Å²) in [7, 11) is 0. The molecule has 0 amide bonds. The number of nitrogens with zero attached hydrogens (tertiary/aromatic N) is 3. The maximum atomic E-state index is 6.00. The van der Waals surface area contributed by atoms with Crippen molar-refractivity contribution in [1.82, 2.24) is 9.80 Å². The predicted octanol–water partition coefficient (Wildman–Crippen LogP) is 4.37. The molecular formula is C12H11Cl6N3O2. The van der Waals surface area contributed by atoms with E-state index in [9.17, 15) is 0 Å². The van der Waals surface area contributed by atoms with Crippen LogP contribution < -0.4 is 14.4 Å². The maximum absolute atomic E-state index is 6.00. The molecule has 3 rings (SSSR count). The molecule has 2 aliphatic heterocycles. The van der Waals surface area contributed by atoms with Crippen molar-refractivity contribution in [1.29, 1.82) is 0 Å². The molecule has 0 N–H and O–H groups in total. The lowest BCUT2D eigenvalue weighted by Crippen LogP contribution is -2.61. The fourth-order valence-electron chi connectivity index (χ4n) is 2.32. The normalized spacial score (nSPS) is 20.2. The highest BCUT2D eigenvalue weighted by Gasteiger charge is 2.42. The molecule has 1 aromatic carbocycles. The first-order chi connectivity index (χ1) is 10.6. The van der Waals surface area contributed by atoms with Crippen molar-refractivity contribution in [2.75, 3.05) is 31.7 Å². The molecule has 11 heteroatoms. The molecule has 128 valence electrons. The Hall–Kier alpha value is 0.280. The van der Waals surface area contributed by atoms with Crippen LogP contribution in [0, 0.1) is 0 Å². The summed E-state index contributed by atoms with van der Waals surface area (Å²) in [5.41, 5.74) is 0.826. The lowest BCUT2D eigenvalue weighted by atomic mass is 10.2. The number of hydrogen-bond acceptors (Lipinski definition) is 5. The number of benzene rings is 1. The fourth-order valence-corrected chi connectivity index (χ4v) is 2.96. The van der Waals surface area contributed by atoms with Crippen LogP contribution in [0.15, 0.2) is 18.2 Å². The highest BCUT2D eigenvalue weighted by Crippen LogP contribution is 2.41.